The van der Waals surface area contributed by atoms with Gasteiger partial charge in [0.15, 0.2) is 11.6 Å². The van der Waals surface area contributed by atoms with Crippen molar-refractivity contribution in [3.8, 4) is 0 Å². The molecule has 1 unspecified atom stereocenters. The zero-order chi connectivity index (χ0) is 29.1. The lowest BCUT2D eigenvalue weighted by Gasteiger charge is -2.34. The van der Waals surface area contributed by atoms with Gasteiger partial charge in [0.1, 0.15) is 0 Å². The van der Waals surface area contributed by atoms with E-state index in [4.69, 9.17) is 4.42 Å². The number of rotatable bonds is 3. The van der Waals surface area contributed by atoms with Crippen LogP contribution in [0.1, 0.15) is 77.0 Å². The van der Waals surface area contributed by atoms with Crippen molar-refractivity contribution in [1.82, 2.24) is 34.8 Å². The van der Waals surface area contributed by atoms with Gasteiger partial charge in [-0.2, -0.15) is 5.10 Å². The van der Waals surface area contributed by atoms with E-state index < -0.39 is 0 Å². The molecule has 12 heteroatoms. The monoisotopic (exact) mass is 555 g/mol. The average Bonchev–Trinajstić information content (AvgIpc) is 3.42. The Kier molecular flexibility index (Phi) is 8.95. The van der Waals surface area contributed by atoms with E-state index in [9.17, 15) is 19.2 Å². The van der Waals surface area contributed by atoms with Crippen molar-refractivity contribution in [3.05, 3.63) is 34.3 Å². The van der Waals surface area contributed by atoms with Gasteiger partial charge < -0.3 is 24.4 Å². The first-order valence-corrected chi connectivity index (χ1v) is 14.1. The fourth-order valence-corrected chi connectivity index (χ4v) is 5.61. The van der Waals surface area contributed by atoms with Crippen LogP contribution < -0.4 is 5.32 Å². The van der Waals surface area contributed by atoms with Crippen LogP contribution in [0.25, 0.3) is 0 Å². The molecule has 0 aromatic carbocycles. The number of nitrogens with one attached hydrogen (secondary N) is 1. The highest BCUT2D eigenvalue weighted by atomic mass is 16.4. The third-order valence-electron chi connectivity index (χ3n) is 7.72. The van der Waals surface area contributed by atoms with Gasteiger partial charge in [-0.05, 0) is 38.5 Å². The van der Waals surface area contributed by atoms with Gasteiger partial charge in [0.05, 0.1) is 12.2 Å². The maximum Gasteiger partial charge on any atom is 0.291 e. The van der Waals surface area contributed by atoms with Crippen molar-refractivity contribution in [3.63, 3.8) is 0 Å². The summed E-state index contributed by atoms with van der Waals surface area (Å²) in [5, 5.41) is 7.42. The molecule has 40 heavy (non-hydrogen) atoms. The Bertz CT molecular complexity index is 1280. The van der Waals surface area contributed by atoms with E-state index in [-0.39, 0.29) is 73.9 Å². The van der Waals surface area contributed by atoms with Crippen molar-refractivity contribution in [2.45, 2.75) is 65.8 Å². The first kappa shape index (κ1) is 29.3. The number of hydrogen-bond acceptors (Lipinski definition) is 7. The number of carbonyl (C=O) groups is 4. The first-order valence-electron chi connectivity index (χ1n) is 14.1. The number of likely N-dealkylation sites (N-methyl/N-ethyl adjacent to an activating group) is 1. The van der Waals surface area contributed by atoms with Crippen molar-refractivity contribution in [1.29, 1.82) is 0 Å². The molecule has 2 aromatic heterocycles. The number of amides is 4. The van der Waals surface area contributed by atoms with E-state index in [0.29, 0.717) is 43.1 Å². The van der Waals surface area contributed by atoms with Gasteiger partial charge in [-0.25, -0.2) is 4.98 Å². The molecule has 4 rings (SSSR count). The van der Waals surface area contributed by atoms with Crippen LogP contribution >= 0.6 is 0 Å². The Hall–Kier alpha value is -3.70. The number of carbonyl (C=O) groups excluding carboxylic acids is 4. The second-order valence-electron chi connectivity index (χ2n) is 11.3. The van der Waals surface area contributed by atoms with Crippen LogP contribution in [0.2, 0.25) is 0 Å². The zero-order valence-corrected chi connectivity index (χ0v) is 24.5. The van der Waals surface area contributed by atoms with E-state index in [2.05, 4.69) is 15.4 Å². The Morgan fingerprint density at radius 1 is 1.10 bits per heavy atom. The minimum atomic E-state index is -0.341. The van der Waals surface area contributed by atoms with E-state index >= 15 is 0 Å². The molecular formula is C28H41N7O5. The standard InChI is InChI=1S/C28H41N7O5/c1-17(2)15-35-16-24(37)32(5)20-9-10-22-21(14-20)25(31-33(22)6)27(38)29-11-13-34(12-7-8-23(35)36)28(39)26-18(3)30-19(4)40-26/h17,20H,7-16H2,1-6H3,(H,29,38). The molecule has 0 saturated heterocycles. The van der Waals surface area contributed by atoms with Gasteiger partial charge in [0, 0.05) is 70.9 Å². The molecule has 1 aliphatic carbocycles. The van der Waals surface area contributed by atoms with Crippen LogP contribution in [0.4, 0.5) is 0 Å². The third-order valence-corrected chi connectivity index (χ3v) is 7.72. The summed E-state index contributed by atoms with van der Waals surface area (Å²) in [4.78, 5) is 62.4. The highest BCUT2D eigenvalue weighted by Gasteiger charge is 2.33. The lowest BCUT2D eigenvalue weighted by Crippen LogP contribution is -2.47. The van der Waals surface area contributed by atoms with Crippen LogP contribution in [0.3, 0.4) is 0 Å². The van der Waals surface area contributed by atoms with Gasteiger partial charge in [0.25, 0.3) is 11.8 Å². The molecule has 0 fully saturated rings. The van der Waals surface area contributed by atoms with E-state index in [1.807, 2.05) is 20.9 Å². The summed E-state index contributed by atoms with van der Waals surface area (Å²) in [6.07, 6.45) is 2.56. The average molecular weight is 556 g/mol. The Balaban J connectivity index is 1.63. The topological polar surface area (TPSA) is 134 Å². The minimum absolute atomic E-state index is 0.00354. The summed E-state index contributed by atoms with van der Waals surface area (Å²) in [5.41, 5.74) is 2.68. The highest BCUT2D eigenvalue weighted by Crippen LogP contribution is 2.27. The van der Waals surface area contributed by atoms with Crippen LogP contribution in [0, 0.1) is 19.8 Å². The fraction of sp³-hybridized carbons (Fsp3) is 0.643. The van der Waals surface area contributed by atoms with Crippen LogP contribution in [-0.2, 0) is 29.5 Å². The predicted molar refractivity (Wildman–Crippen MR) is 147 cm³/mol. The van der Waals surface area contributed by atoms with Gasteiger partial charge in [0.2, 0.25) is 17.6 Å². The molecule has 12 nitrogen and oxygen atoms in total. The van der Waals surface area contributed by atoms with E-state index in [1.54, 1.807) is 40.3 Å². The SMILES string of the molecule is Cc1nc(C)c(C(=O)N2CCCC(=O)N(CC(C)C)CC(=O)N(C)C3CCc4c(c(nn4C)C(=O)NCC2)C3)o1. The van der Waals surface area contributed by atoms with Crippen molar-refractivity contribution < 1.29 is 23.6 Å². The van der Waals surface area contributed by atoms with Gasteiger partial charge in [-0.15, -0.1) is 0 Å². The number of aryl methyl sites for hydroxylation is 3. The zero-order valence-electron chi connectivity index (χ0n) is 24.5. The minimum Gasteiger partial charge on any atom is -0.436 e. The molecule has 2 aliphatic rings. The molecule has 0 spiro atoms. The number of fused-ring (bicyclic) bond motifs is 1. The molecule has 0 radical (unpaired) electrons. The van der Waals surface area contributed by atoms with Crippen molar-refractivity contribution >= 4 is 23.6 Å². The molecule has 2 aromatic rings. The molecular weight excluding hydrogens is 514 g/mol. The number of nitrogens with zero attached hydrogens (tertiary/aromatic N) is 6. The van der Waals surface area contributed by atoms with E-state index in [0.717, 1.165) is 17.7 Å². The summed E-state index contributed by atoms with van der Waals surface area (Å²) in [5.74, 6) is -0.158. The Labute approximate surface area is 235 Å². The largest absolute Gasteiger partial charge is 0.436 e. The second-order valence-corrected chi connectivity index (χ2v) is 11.3. The maximum atomic E-state index is 13.4. The molecule has 1 aliphatic heterocycles. The molecule has 1 atom stereocenters. The van der Waals surface area contributed by atoms with E-state index in [1.165, 1.54) is 0 Å². The maximum absolute atomic E-state index is 13.4. The number of oxazole rings is 1. The summed E-state index contributed by atoms with van der Waals surface area (Å²) in [6, 6.07) is -0.0934. The Morgan fingerprint density at radius 2 is 1.85 bits per heavy atom. The van der Waals surface area contributed by atoms with Gasteiger partial charge >= 0.3 is 0 Å². The fourth-order valence-electron chi connectivity index (χ4n) is 5.61. The molecule has 3 heterocycles. The lowest BCUT2D eigenvalue weighted by molar-refractivity contribution is -0.141. The van der Waals surface area contributed by atoms with Crippen LogP contribution in [0.5, 0.6) is 0 Å². The summed E-state index contributed by atoms with van der Waals surface area (Å²) < 4.78 is 7.31. The summed E-state index contributed by atoms with van der Waals surface area (Å²) >= 11 is 0. The normalized spacial score (nSPS) is 19.7. The van der Waals surface area contributed by atoms with Gasteiger partial charge in [-0.3, -0.25) is 23.9 Å². The molecule has 1 N–H and O–H groups in total. The smallest absolute Gasteiger partial charge is 0.291 e. The number of hydrogen-bond donors (Lipinski definition) is 1. The second kappa shape index (κ2) is 12.2. The lowest BCUT2D eigenvalue weighted by atomic mass is 9.90. The van der Waals surface area contributed by atoms with Crippen molar-refractivity contribution in [2.24, 2.45) is 13.0 Å². The predicted octanol–water partition coefficient (Wildman–Crippen LogP) is 1.49. The third kappa shape index (κ3) is 6.37. The number of aromatic nitrogens is 3. The molecule has 218 valence electrons. The summed E-state index contributed by atoms with van der Waals surface area (Å²) in [7, 11) is 3.60. The van der Waals surface area contributed by atoms with Crippen LogP contribution in [0.15, 0.2) is 4.42 Å². The first-order chi connectivity index (χ1) is 19.0. The van der Waals surface area contributed by atoms with Crippen LogP contribution in [-0.4, -0.2) is 98.9 Å². The van der Waals surface area contributed by atoms with Gasteiger partial charge in [-0.1, -0.05) is 13.8 Å². The molecule has 4 amide bonds. The molecule has 0 saturated carbocycles. The summed E-state index contributed by atoms with van der Waals surface area (Å²) in [6.45, 7) is 8.61. The highest BCUT2D eigenvalue weighted by molar-refractivity contribution is 5.94. The van der Waals surface area contributed by atoms with Crippen molar-refractivity contribution in [2.75, 3.05) is 39.8 Å². The Morgan fingerprint density at radius 3 is 2.52 bits per heavy atom. The molecule has 2 bridgehead atoms. The quantitative estimate of drug-likeness (QED) is 0.607.